The fourth-order valence-electron chi connectivity index (χ4n) is 2.12. The van der Waals surface area contributed by atoms with Gasteiger partial charge in [0.05, 0.1) is 12.8 Å². The molecule has 2 rings (SSSR count). The van der Waals surface area contributed by atoms with Gasteiger partial charge in [0.2, 0.25) is 21.8 Å². The summed E-state index contributed by atoms with van der Waals surface area (Å²) in [5, 5.41) is 7.92. The topological polar surface area (TPSA) is 79.5 Å². The molecular formula is C11H20N4O3S. The average Bonchev–Trinajstić information content (AvgIpc) is 2.65. The van der Waals surface area contributed by atoms with E-state index in [9.17, 15) is 8.42 Å². The Bertz CT molecular complexity index is 514. The van der Waals surface area contributed by atoms with Crippen LogP contribution in [0.15, 0.2) is 4.42 Å². The monoisotopic (exact) mass is 288 g/mol. The maximum atomic E-state index is 11.5. The first-order valence-electron chi connectivity index (χ1n) is 6.47. The molecule has 1 aromatic heterocycles. The second-order valence-electron chi connectivity index (χ2n) is 4.73. The van der Waals surface area contributed by atoms with E-state index in [1.807, 2.05) is 6.92 Å². The number of hydrogen-bond donors (Lipinski definition) is 0. The van der Waals surface area contributed by atoms with Gasteiger partial charge in [0.25, 0.3) is 0 Å². The lowest BCUT2D eigenvalue weighted by Crippen LogP contribution is -2.34. The number of hydrogen-bond acceptors (Lipinski definition) is 6. The molecule has 0 saturated carbocycles. The van der Waals surface area contributed by atoms with Gasteiger partial charge >= 0.3 is 0 Å². The van der Waals surface area contributed by atoms with Gasteiger partial charge in [-0.3, -0.25) is 4.90 Å². The summed E-state index contributed by atoms with van der Waals surface area (Å²) < 4.78 is 30.0. The molecule has 0 N–H and O–H groups in total. The van der Waals surface area contributed by atoms with E-state index in [1.165, 1.54) is 10.6 Å². The maximum absolute atomic E-state index is 11.5. The van der Waals surface area contributed by atoms with Crippen LogP contribution in [0.3, 0.4) is 0 Å². The second-order valence-corrected chi connectivity index (χ2v) is 6.72. The van der Waals surface area contributed by atoms with Crippen LogP contribution in [0, 0.1) is 0 Å². The Morgan fingerprint density at radius 2 is 1.89 bits per heavy atom. The normalized spacial score (nSPS) is 19.5. The Labute approximate surface area is 113 Å². The van der Waals surface area contributed by atoms with E-state index < -0.39 is 10.0 Å². The molecule has 1 aliphatic rings. The van der Waals surface area contributed by atoms with Crippen molar-refractivity contribution in [1.82, 2.24) is 19.4 Å². The van der Waals surface area contributed by atoms with E-state index in [0.29, 0.717) is 38.0 Å². The molecule has 19 heavy (non-hydrogen) atoms. The first-order valence-corrected chi connectivity index (χ1v) is 8.32. The molecule has 1 fully saturated rings. The van der Waals surface area contributed by atoms with Gasteiger partial charge in [-0.25, -0.2) is 12.7 Å². The summed E-state index contributed by atoms with van der Waals surface area (Å²) in [4.78, 5) is 2.15. The second kappa shape index (κ2) is 5.98. The first-order chi connectivity index (χ1) is 8.99. The van der Waals surface area contributed by atoms with Crippen LogP contribution < -0.4 is 0 Å². The van der Waals surface area contributed by atoms with Crippen molar-refractivity contribution in [3.63, 3.8) is 0 Å². The Kier molecular flexibility index (Phi) is 4.54. The third kappa shape index (κ3) is 3.99. The molecule has 2 heterocycles. The summed E-state index contributed by atoms with van der Waals surface area (Å²) in [6.07, 6.45) is 2.81. The summed E-state index contributed by atoms with van der Waals surface area (Å²) >= 11 is 0. The van der Waals surface area contributed by atoms with E-state index in [2.05, 4.69) is 15.1 Å². The molecule has 1 aromatic rings. The van der Waals surface area contributed by atoms with E-state index in [1.54, 1.807) is 0 Å². The van der Waals surface area contributed by atoms with Crippen LogP contribution in [0.4, 0.5) is 0 Å². The predicted molar refractivity (Wildman–Crippen MR) is 70.0 cm³/mol. The molecule has 0 unspecified atom stereocenters. The number of aromatic nitrogens is 2. The van der Waals surface area contributed by atoms with Gasteiger partial charge in [-0.1, -0.05) is 6.92 Å². The summed E-state index contributed by atoms with van der Waals surface area (Å²) in [7, 11) is -3.09. The highest BCUT2D eigenvalue weighted by Crippen LogP contribution is 2.10. The van der Waals surface area contributed by atoms with Gasteiger partial charge in [0.1, 0.15) is 0 Å². The number of aryl methyl sites for hydroxylation is 1. The molecule has 1 aliphatic heterocycles. The van der Waals surface area contributed by atoms with Gasteiger partial charge in [0.15, 0.2) is 0 Å². The van der Waals surface area contributed by atoms with Crippen molar-refractivity contribution in [3.05, 3.63) is 11.8 Å². The first kappa shape index (κ1) is 14.4. The minimum atomic E-state index is -3.09. The molecule has 0 aromatic carbocycles. The molecule has 0 aliphatic carbocycles. The Balaban J connectivity index is 1.92. The summed E-state index contributed by atoms with van der Waals surface area (Å²) in [6, 6.07) is 0. The fraction of sp³-hybridized carbons (Fsp3) is 0.818. The molecule has 0 radical (unpaired) electrons. The lowest BCUT2D eigenvalue weighted by Gasteiger charge is -2.18. The smallest absolute Gasteiger partial charge is 0.230 e. The minimum Gasteiger partial charge on any atom is -0.424 e. The van der Waals surface area contributed by atoms with E-state index in [-0.39, 0.29) is 0 Å². The highest BCUT2D eigenvalue weighted by molar-refractivity contribution is 7.88. The van der Waals surface area contributed by atoms with Gasteiger partial charge in [-0.2, -0.15) is 0 Å². The van der Waals surface area contributed by atoms with Crippen LogP contribution in [-0.4, -0.2) is 60.3 Å². The van der Waals surface area contributed by atoms with Crippen LogP contribution in [0.5, 0.6) is 0 Å². The van der Waals surface area contributed by atoms with E-state index in [4.69, 9.17) is 4.42 Å². The standard InChI is InChI=1S/C11H20N4O3S/c1-3-10-12-13-11(18-10)9-14-5-4-6-15(8-7-14)19(2,16)17/h3-9H2,1-2H3. The number of rotatable bonds is 4. The largest absolute Gasteiger partial charge is 0.424 e. The Hall–Kier alpha value is -0.990. The van der Waals surface area contributed by atoms with Crippen molar-refractivity contribution >= 4 is 10.0 Å². The number of sulfonamides is 1. The van der Waals surface area contributed by atoms with Gasteiger partial charge in [-0.05, 0) is 13.0 Å². The van der Waals surface area contributed by atoms with Crippen molar-refractivity contribution in [2.75, 3.05) is 32.4 Å². The molecule has 0 amide bonds. The van der Waals surface area contributed by atoms with Crippen molar-refractivity contribution in [2.24, 2.45) is 0 Å². The average molecular weight is 288 g/mol. The molecule has 7 nitrogen and oxygen atoms in total. The lowest BCUT2D eigenvalue weighted by molar-refractivity contribution is 0.247. The lowest BCUT2D eigenvalue weighted by atomic mass is 10.4. The van der Waals surface area contributed by atoms with Crippen LogP contribution in [-0.2, 0) is 23.0 Å². The van der Waals surface area contributed by atoms with E-state index >= 15 is 0 Å². The van der Waals surface area contributed by atoms with Crippen LogP contribution in [0.25, 0.3) is 0 Å². The fourth-order valence-corrected chi connectivity index (χ4v) is 3.00. The van der Waals surface area contributed by atoms with Crippen molar-refractivity contribution in [3.8, 4) is 0 Å². The summed E-state index contributed by atoms with van der Waals surface area (Å²) in [5.74, 6) is 1.24. The zero-order chi connectivity index (χ0) is 13.9. The number of nitrogens with zero attached hydrogens (tertiary/aromatic N) is 4. The van der Waals surface area contributed by atoms with Crippen LogP contribution in [0.2, 0.25) is 0 Å². The maximum Gasteiger partial charge on any atom is 0.230 e. The molecule has 0 bridgehead atoms. The SMILES string of the molecule is CCc1nnc(CN2CCCN(S(C)(=O)=O)CC2)o1. The quantitative estimate of drug-likeness (QED) is 0.782. The Morgan fingerprint density at radius 1 is 1.16 bits per heavy atom. The molecule has 8 heteroatoms. The molecule has 0 atom stereocenters. The van der Waals surface area contributed by atoms with Crippen LogP contribution >= 0.6 is 0 Å². The van der Waals surface area contributed by atoms with Gasteiger partial charge in [0, 0.05) is 26.1 Å². The van der Waals surface area contributed by atoms with Gasteiger partial charge in [-0.15, -0.1) is 10.2 Å². The highest BCUT2D eigenvalue weighted by atomic mass is 32.2. The minimum absolute atomic E-state index is 0.521. The Morgan fingerprint density at radius 3 is 2.53 bits per heavy atom. The third-order valence-corrected chi connectivity index (χ3v) is 4.49. The van der Waals surface area contributed by atoms with E-state index in [0.717, 1.165) is 19.4 Å². The molecule has 108 valence electrons. The molecule has 1 saturated heterocycles. The predicted octanol–water partition coefficient (Wildman–Crippen LogP) is 0.0993. The zero-order valence-electron chi connectivity index (χ0n) is 11.4. The van der Waals surface area contributed by atoms with Crippen LogP contribution in [0.1, 0.15) is 25.1 Å². The summed E-state index contributed by atoms with van der Waals surface area (Å²) in [5.41, 5.74) is 0. The van der Waals surface area contributed by atoms with Crippen molar-refractivity contribution in [1.29, 1.82) is 0 Å². The van der Waals surface area contributed by atoms with Crippen molar-refractivity contribution in [2.45, 2.75) is 26.3 Å². The zero-order valence-corrected chi connectivity index (χ0v) is 12.2. The van der Waals surface area contributed by atoms with Crippen molar-refractivity contribution < 1.29 is 12.8 Å². The molecule has 0 spiro atoms. The highest BCUT2D eigenvalue weighted by Gasteiger charge is 2.22. The third-order valence-electron chi connectivity index (χ3n) is 3.19. The van der Waals surface area contributed by atoms with Gasteiger partial charge < -0.3 is 4.42 Å². The summed E-state index contributed by atoms with van der Waals surface area (Å²) in [6.45, 7) is 5.19. The molecular weight excluding hydrogens is 268 g/mol.